The number of carbonyl (C=O) groups excluding carboxylic acids is 2. The highest BCUT2D eigenvalue weighted by atomic mass is 32.2. The number of carbonyl (C=O) groups is 2. The molecular weight excluding hydrogens is 390 g/mol. The maximum Gasteiger partial charge on any atom is 0.290 e. The molecule has 0 saturated carbocycles. The third kappa shape index (κ3) is 4.42. The van der Waals surface area contributed by atoms with Gasteiger partial charge in [0.1, 0.15) is 0 Å². The second-order valence-electron chi connectivity index (χ2n) is 5.76. The first kappa shape index (κ1) is 19.7. The number of benzene rings is 1. The molecule has 1 aromatic heterocycles. The number of sulfonamides is 1. The lowest BCUT2D eigenvalue weighted by atomic mass is 10.2. The zero-order valence-corrected chi connectivity index (χ0v) is 15.4. The van der Waals surface area contributed by atoms with E-state index in [0.717, 1.165) is 6.07 Å². The van der Waals surface area contributed by atoms with Gasteiger partial charge < -0.3 is 4.74 Å². The van der Waals surface area contributed by atoms with Gasteiger partial charge in [-0.15, -0.1) is 0 Å². The number of hydrogen-bond acceptors (Lipinski definition) is 7. The van der Waals surface area contributed by atoms with E-state index in [1.165, 1.54) is 34.6 Å². The van der Waals surface area contributed by atoms with Crippen LogP contribution in [0.1, 0.15) is 20.8 Å². The maximum absolute atomic E-state index is 12.7. The molecule has 11 nitrogen and oxygen atoms in total. The molecular formula is C16H17N5O6S. The van der Waals surface area contributed by atoms with Crippen LogP contribution in [0.15, 0.2) is 46.1 Å². The van der Waals surface area contributed by atoms with Gasteiger partial charge in [0.15, 0.2) is 5.69 Å². The minimum absolute atomic E-state index is 0.0318. The largest absolute Gasteiger partial charge is 0.379 e. The summed E-state index contributed by atoms with van der Waals surface area (Å²) in [7, 11) is -3.75. The van der Waals surface area contributed by atoms with E-state index in [1.807, 2.05) is 0 Å². The minimum Gasteiger partial charge on any atom is -0.379 e. The molecule has 2 aromatic rings. The Morgan fingerprint density at radius 2 is 1.79 bits per heavy atom. The van der Waals surface area contributed by atoms with Crippen LogP contribution in [-0.4, -0.2) is 61.0 Å². The highest BCUT2D eigenvalue weighted by Crippen LogP contribution is 2.18. The average molecular weight is 407 g/mol. The van der Waals surface area contributed by atoms with E-state index < -0.39 is 27.4 Å². The second-order valence-corrected chi connectivity index (χ2v) is 7.70. The third-order valence-corrected chi connectivity index (χ3v) is 5.80. The number of rotatable bonds is 4. The minimum atomic E-state index is -3.75. The molecule has 1 aromatic carbocycles. The molecule has 1 aliphatic heterocycles. The number of nitrogens with one attached hydrogen (secondary N) is 3. The molecule has 1 aliphatic rings. The van der Waals surface area contributed by atoms with Crippen LogP contribution in [0.2, 0.25) is 0 Å². The molecule has 1 saturated heterocycles. The van der Waals surface area contributed by atoms with E-state index in [4.69, 9.17) is 4.74 Å². The van der Waals surface area contributed by atoms with Gasteiger partial charge >= 0.3 is 0 Å². The van der Waals surface area contributed by atoms with Gasteiger partial charge in [0.25, 0.3) is 17.4 Å². The smallest absolute Gasteiger partial charge is 0.290 e. The summed E-state index contributed by atoms with van der Waals surface area (Å²) in [5.74, 6) is -1.46. The summed E-state index contributed by atoms with van der Waals surface area (Å²) in [6, 6.07) is 7.78. The van der Waals surface area contributed by atoms with Gasteiger partial charge in [-0.3, -0.25) is 25.2 Å². The van der Waals surface area contributed by atoms with Crippen molar-refractivity contribution in [1.82, 2.24) is 25.4 Å². The fourth-order valence-electron chi connectivity index (χ4n) is 2.45. The number of aromatic amines is 1. The van der Waals surface area contributed by atoms with Gasteiger partial charge in [-0.1, -0.05) is 6.07 Å². The Balaban J connectivity index is 1.69. The highest BCUT2D eigenvalue weighted by Gasteiger charge is 2.26. The summed E-state index contributed by atoms with van der Waals surface area (Å²) < 4.78 is 31.8. The molecule has 12 heteroatoms. The summed E-state index contributed by atoms with van der Waals surface area (Å²) >= 11 is 0. The van der Waals surface area contributed by atoms with Crippen molar-refractivity contribution in [2.24, 2.45) is 0 Å². The van der Waals surface area contributed by atoms with E-state index in [1.54, 1.807) is 0 Å². The first-order valence-corrected chi connectivity index (χ1v) is 9.66. The van der Waals surface area contributed by atoms with Crippen LogP contribution in [0, 0.1) is 0 Å². The van der Waals surface area contributed by atoms with Crippen molar-refractivity contribution >= 4 is 21.8 Å². The fourth-order valence-corrected chi connectivity index (χ4v) is 3.91. The van der Waals surface area contributed by atoms with E-state index in [2.05, 4.69) is 21.0 Å². The number of amides is 2. The maximum atomic E-state index is 12.7. The Morgan fingerprint density at radius 3 is 2.46 bits per heavy atom. The van der Waals surface area contributed by atoms with Crippen molar-refractivity contribution in [2.75, 3.05) is 26.3 Å². The third-order valence-electron chi connectivity index (χ3n) is 3.91. The Labute approximate surface area is 159 Å². The Bertz CT molecular complexity index is 1020. The summed E-state index contributed by atoms with van der Waals surface area (Å²) in [6.45, 7) is 1.09. The molecule has 0 atom stereocenters. The number of ether oxygens (including phenoxy) is 1. The fraction of sp³-hybridized carbons (Fsp3) is 0.250. The summed E-state index contributed by atoms with van der Waals surface area (Å²) in [5, 5.41) is 5.63. The summed E-state index contributed by atoms with van der Waals surface area (Å²) in [5.41, 5.74) is 3.77. The summed E-state index contributed by atoms with van der Waals surface area (Å²) in [4.78, 5) is 35.1. The van der Waals surface area contributed by atoms with Crippen LogP contribution in [0.3, 0.4) is 0 Å². The first-order chi connectivity index (χ1) is 13.4. The van der Waals surface area contributed by atoms with E-state index in [-0.39, 0.29) is 29.2 Å². The van der Waals surface area contributed by atoms with Crippen LogP contribution < -0.4 is 16.4 Å². The van der Waals surface area contributed by atoms with Crippen LogP contribution in [0.25, 0.3) is 0 Å². The molecule has 148 valence electrons. The number of morpholine rings is 1. The normalized spacial score (nSPS) is 15.0. The van der Waals surface area contributed by atoms with Crippen molar-refractivity contribution in [3.05, 3.63) is 58.0 Å². The topological polar surface area (TPSA) is 151 Å². The lowest BCUT2D eigenvalue weighted by Gasteiger charge is -2.26. The van der Waals surface area contributed by atoms with Crippen molar-refractivity contribution in [3.8, 4) is 0 Å². The van der Waals surface area contributed by atoms with E-state index in [9.17, 15) is 22.8 Å². The number of hydrazine groups is 1. The molecule has 0 unspecified atom stereocenters. The Hall–Kier alpha value is -3.09. The van der Waals surface area contributed by atoms with Crippen molar-refractivity contribution in [2.45, 2.75) is 4.90 Å². The molecule has 1 fully saturated rings. The number of nitrogens with zero attached hydrogens (tertiary/aromatic N) is 2. The number of aromatic nitrogens is 2. The Kier molecular flexibility index (Phi) is 5.82. The zero-order chi connectivity index (χ0) is 20.1. The van der Waals surface area contributed by atoms with Crippen molar-refractivity contribution in [3.63, 3.8) is 0 Å². The molecule has 2 amide bonds. The number of hydrogen-bond donors (Lipinski definition) is 3. The van der Waals surface area contributed by atoms with E-state index in [0.29, 0.717) is 13.2 Å². The van der Waals surface area contributed by atoms with Gasteiger partial charge in [0, 0.05) is 24.7 Å². The predicted octanol–water partition coefficient (Wildman–Crippen LogP) is -1.13. The highest BCUT2D eigenvalue weighted by molar-refractivity contribution is 7.89. The first-order valence-electron chi connectivity index (χ1n) is 8.22. The van der Waals surface area contributed by atoms with Crippen LogP contribution >= 0.6 is 0 Å². The molecule has 3 N–H and O–H groups in total. The van der Waals surface area contributed by atoms with Crippen LogP contribution in [0.4, 0.5) is 0 Å². The van der Waals surface area contributed by atoms with Gasteiger partial charge in [-0.25, -0.2) is 13.5 Å². The molecule has 0 spiro atoms. The van der Waals surface area contributed by atoms with Gasteiger partial charge in [0.2, 0.25) is 10.0 Å². The Morgan fingerprint density at radius 1 is 1.07 bits per heavy atom. The zero-order valence-electron chi connectivity index (χ0n) is 14.5. The van der Waals surface area contributed by atoms with Crippen molar-refractivity contribution < 1.29 is 22.7 Å². The SMILES string of the molecule is O=C(NNC(=O)c1ccc(=O)[nH]n1)c1cccc(S(=O)(=O)N2CCOCC2)c1. The van der Waals surface area contributed by atoms with Crippen LogP contribution in [0.5, 0.6) is 0 Å². The second kappa shape index (κ2) is 8.29. The molecule has 3 rings (SSSR count). The molecule has 0 bridgehead atoms. The van der Waals surface area contributed by atoms with Gasteiger partial charge in [-0.2, -0.15) is 9.40 Å². The predicted molar refractivity (Wildman–Crippen MR) is 95.8 cm³/mol. The van der Waals surface area contributed by atoms with Crippen LogP contribution in [-0.2, 0) is 14.8 Å². The monoisotopic (exact) mass is 407 g/mol. The number of H-pyrrole nitrogens is 1. The lowest BCUT2D eigenvalue weighted by Crippen LogP contribution is -2.42. The van der Waals surface area contributed by atoms with E-state index >= 15 is 0 Å². The standard InChI is InChI=1S/C16H17N5O6S/c22-14-5-4-13(17-18-14)16(24)20-19-15(23)11-2-1-3-12(10-11)28(25,26)21-6-8-27-9-7-21/h1-5,10H,6-9H2,(H,18,22)(H,19,23)(H,20,24). The average Bonchev–Trinajstić information content (AvgIpc) is 2.73. The lowest BCUT2D eigenvalue weighted by molar-refractivity contribution is 0.0730. The van der Waals surface area contributed by atoms with Gasteiger partial charge in [0.05, 0.1) is 18.1 Å². The van der Waals surface area contributed by atoms with Crippen molar-refractivity contribution in [1.29, 1.82) is 0 Å². The molecule has 28 heavy (non-hydrogen) atoms. The quantitative estimate of drug-likeness (QED) is 0.542. The molecule has 0 radical (unpaired) electrons. The summed E-state index contributed by atoms with van der Waals surface area (Å²) in [6.07, 6.45) is 0. The van der Waals surface area contributed by atoms with Gasteiger partial charge in [-0.05, 0) is 24.3 Å². The molecule has 0 aliphatic carbocycles. The molecule has 2 heterocycles.